The molecule has 0 aliphatic heterocycles. The molecule has 2 amide bonds. The van der Waals surface area contributed by atoms with Crippen LogP contribution >= 0.6 is 8.53 Å². The number of nitrogens with zero attached hydrogens (tertiary/aromatic N) is 2. The Morgan fingerprint density at radius 2 is 1.15 bits per heavy atom. The molecule has 356 valence electrons. The first kappa shape index (κ1) is 55.4. The highest BCUT2D eigenvalue weighted by Gasteiger charge is 2.49. The smallest absolute Gasteiger partial charge is 0.326 e. The number of amides is 2. The van der Waals surface area contributed by atoms with Crippen molar-refractivity contribution in [1.82, 2.24) is 15.3 Å². The number of carbonyl (C=O) groups is 1. The lowest BCUT2D eigenvalue weighted by atomic mass is 9.79. The molecule has 1 saturated carbocycles. The third-order valence-corrected chi connectivity index (χ3v) is 12.4. The van der Waals surface area contributed by atoms with E-state index < -0.39 is 38.4 Å². The van der Waals surface area contributed by atoms with Crippen molar-refractivity contribution >= 4 is 14.6 Å². The van der Waals surface area contributed by atoms with Crippen molar-refractivity contribution in [2.75, 3.05) is 41.1 Å². The predicted molar refractivity (Wildman–Crippen MR) is 277 cm³/mol. The molecule has 12 heteroatoms. The molecule has 0 bridgehead atoms. The number of carbonyl (C=O) groups excluding carboxylic acids is 1. The Kier molecular flexibility index (Phi) is 24.3. The SMILES string of the molecule is [C-]#[N+]CCOP(OC1[C@@H](COC(c2ccccc2)(c2ccc(OC)cc2)c2ccc(OC)cc2)C[C@H](NC(=O)NC#CC#CC#CC#CC#CC#CC#CC#CC#CC#CC)[C@H]1OC)N(C(C)C)C(C)C. The molecule has 71 heavy (non-hydrogen) atoms. The fraction of sp³-hybridized carbons (Fsp3) is 0.322. The molecule has 0 radical (unpaired) electrons. The van der Waals surface area contributed by atoms with E-state index >= 15 is 0 Å². The molecule has 0 aromatic heterocycles. The highest BCUT2D eigenvalue weighted by molar-refractivity contribution is 7.44. The van der Waals surface area contributed by atoms with Crippen LogP contribution in [0.4, 0.5) is 4.79 Å². The molecule has 3 aromatic carbocycles. The van der Waals surface area contributed by atoms with Crippen LogP contribution in [0, 0.1) is 131 Å². The quantitative estimate of drug-likeness (QED) is 0.0340. The van der Waals surface area contributed by atoms with Gasteiger partial charge in [0, 0.05) is 90.4 Å². The van der Waals surface area contributed by atoms with Crippen LogP contribution < -0.4 is 20.1 Å². The maximum absolute atomic E-state index is 13.5. The topological polar surface area (TPSA) is 104 Å². The maximum atomic E-state index is 13.5. The highest BCUT2D eigenvalue weighted by Crippen LogP contribution is 2.51. The van der Waals surface area contributed by atoms with E-state index in [0.717, 1.165) is 16.7 Å². The van der Waals surface area contributed by atoms with Gasteiger partial charge in [-0.3, -0.25) is 5.32 Å². The summed E-state index contributed by atoms with van der Waals surface area (Å²) < 4.78 is 40.3. The Labute approximate surface area is 422 Å². The van der Waals surface area contributed by atoms with E-state index in [1.54, 1.807) is 28.3 Å². The molecule has 1 fully saturated rings. The van der Waals surface area contributed by atoms with Crippen molar-refractivity contribution in [3.8, 4) is 130 Å². The Morgan fingerprint density at radius 3 is 1.59 bits per heavy atom. The van der Waals surface area contributed by atoms with Crippen LogP contribution in [0.3, 0.4) is 0 Å². The van der Waals surface area contributed by atoms with Crippen molar-refractivity contribution in [2.24, 2.45) is 5.92 Å². The van der Waals surface area contributed by atoms with Crippen molar-refractivity contribution in [3.63, 3.8) is 0 Å². The van der Waals surface area contributed by atoms with Gasteiger partial charge in [0.25, 0.3) is 8.53 Å². The average Bonchev–Trinajstić information content (AvgIpc) is 3.70. The summed E-state index contributed by atoms with van der Waals surface area (Å²) in [6.07, 6.45) is -0.888. The number of rotatable bonds is 18. The summed E-state index contributed by atoms with van der Waals surface area (Å²) in [5.74, 6) is 49.6. The van der Waals surface area contributed by atoms with Gasteiger partial charge in [-0.05, 0) is 129 Å². The third-order valence-electron chi connectivity index (χ3n) is 10.3. The summed E-state index contributed by atoms with van der Waals surface area (Å²) in [6.45, 7) is 17.9. The normalized spacial score (nSPS) is 15.2. The van der Waals surface area contributed by atoms with E-state index in [-0.39, 0.29) is 37.8 Å². The second-order valence-electron chi connectivity index (χ2n) is 15.4. The molecule has 0 heterocycles. The summed E-state index contributed by atoms with van der Waals surface area (Å²) in [5.41, 5.74) is 1.49. The van der Waals surface area contributed by atoms with Crippen LogP contribution in [0.25, 0.3) is 4.85 Å². The first-order valence-electron chi connectivity index (χ1n) is 22.3. The van der Waals surface area contributed by atoms with Crippen LogP contribution in [0.1, 0.15) is 57.7 Å². The van der Waals surface area contributed by atoms with E-state index in [9.17, 15) is 4.79 Å². The minimum Gasteiger partial charge on any atom is -0.497 e. The molecule has 5 atom stereocenters. The first-order chi connectivity index (χ1) is 34.6. The number of ether oxygens (including phenoxy) is 4. The maximum Gasteiger partial charge on any atom is 0.326 e. The minimum absolute atomic E-state index is 0.0402. The van der Waals surface area contributed by atoms with Gasteiger partial charge in [-0.1, -0.05) is 60.5 Å². The number of hydrogen-bond donors (Lipinski definition) is 2. The number of methoxy groups -OCH3 is 3. The Bertz CT molecular complexity index is 2920. The zero-order chi connectivity index (χ0) is 51.1. The number of benzene rings is 3. The second kappa shape index (κ2) is 31.1. The minimum atomic E-state index is -1.72. The van der Waals surface area contributed by atoms with E-state index in [1.807, 2.05) is 78.9 Å². The van der Waals surface area contributed by atoms with Gasteiger partial charge in [0.2, 0.25) is 6.54 Å². The fourth-order valence-corrected chi connectivity index (χ4v) is 9.22. The third kappa shape index (κ3) is 17.4. The molecule has 1 aliphatic carbocycles. The summed E-state index contributed by atoms with van der Waals surface area (Å²) in [5, 5.41) is 5.60. The average molecular weight is 961 g/mol. The van der Waals surface area contributed by atoms with Crippen LogP contribution in [0.2, 0.25) is 0 Å². The van der Waals surface area contributed by atoms with E-state index in [4.69, 9.17) is 34.6 Å². The van der Waals surface area contributed by atoms with Gasteiger partial charge >= 0.3 is 6.03 Å². The standard InChI is InChI=1S/C59H53N4O7P/c1-10-11-12-13-14-15-16-17-18-19-20-21-22-23-24-25-26-27-31-42-61-58(64)62-55-45-49(56(57(55)67-9)70-71(69-44-43-60-6)63(47(2)3)48(4)5)46-68-59(50-32-29-28-30-33-50,51-34-38-53(65-7)39-35-51)52-36-40-54(66-8)41-37-52/h28-30,32-41,47-49,55-57H,43-46H2,1-5,7-9H3,(H2,61,62,64)/t49-,55+,56?,57-,71?/m1/s1. The Hall–Kier alpha value is -8.15. The van der Waals surface area contributed by atoms with Crippen molar-refractivity contribution in [3.05, 3.63) is 107 Å². The molecule has 4 rings (SSSR count). The van der Waals surface area contributed by atoms with Gasteiger partial charge in [-0.25, -0.2) is 16.0 Å². The molecular formula is C59H53N4O7P. The Balaban J connectivity index is 1.62. The van der Waals surface area contributed by atoms with Crippen molar-refractivity contribution in [1.29, 1.82) is 0 Å². The van der Waals surface area contributed by atoms with Crippen molar-refractivity contribution < 1.29 is 32.8 Å². The predicted octanol–water partition coefficient (Wildman–Crippen LogP) is 7.39. The van der Waals surface area contributed by atoms with Gasteiger partial charge in [0.15, 0.2) is 0 Å². The summed E-state index contributed by atoms with van der Waals surface area (Å²) in [6, 6.07) is 27.2. The van der Waals surface area contributed by atoms with E-state index in [1.165, 1.54) is 0 Å². The zero-order valence-corrected chi connectivity index (χ0v) is 41.9. The molecule has 2 unspecified atom stereocenters. The lowest BCUT2D eigenvalue weighted by molar-refractivity contribution is -0.0526. The number of urea groups is 1. The molecular weight excluding hydrogens is 908 g/mol. The Morgan fingerprint density at radius 1 is 0.690 bits per heavy atom. The van der Waals surface area contributed by atoms with Gasteiger partial charge in [0.1, 0.15) is 29.8 Å². The molecule has 1 aliphatic rings. The van der Waals surface area contributed by atoms with E-state index in [0.29, 0.717) is 17.9 Å². The van der Waals surface area contributed by atoms with Gasteiger partial charge < -0.3 is 38.2 Å². The van der Waals surface area contributed by atoms with Crippen LogP contribution in [-0.2, 0) is 24.1 Å². The number of nitrogens with one attached hydrogen (secondary N) is 2. The van der Waals surface area contributed by atoms with Crippen LogP contribution in [0.15, 0.2) is 78.9 Å². The fourth-order valence-electron chi connectivity index (χ4n) is 7.43. The lowest BCUT2D eigenvalue weighted by Crippen LogP contribution is -2.47. The molecule has 0 saturated heterocycles. The van der Waals surface area contributed by atoms with Gasteiger partial charge in [-0.15, -0.1) is 0 Å². The molecule has 3 aromatic rings. The molecule has 11 nitrogen and oxygen atoms in total. The molecule has 0 spiro atoms. The van der Waals surface area contributed by atoms with Crippen LogP contribution in [0.5, 0.6) is 11.5 Å². The highest BCUT2D eigenvalue weighted by atomic mass is 31.2. The second-order valence-corrected chi connectivity index (χ2v) is 16.8. The largest absolute Gasteiger partial charge is 0.497 e. The van der Waals surface area contributed by atoms with Gasteiger partial charge in [-0.2, -0.15) is 0 Å². The summed E-state index contributed by atoms with van der Waals surface area (Å²) in [7, 11) is 3.13. The zero-order valence-electron chi connectivity index (χ0n) is 41.0. The van der Waals surface area contributed by atoms with Gasteiger partial charge in [0.05, 0.1) is 33.0 Å². The first-order valence-corrected chi connectivity index (χ1v) is 23.5. The van der Waals surface area contributed by atoms with E-state index in [2.05, 4.69) is 166 Å². The summed E-state index contributed by atoms with van der Waals surface area (Å²) in [4.78, 5) is 17.0. The van der Waals surface area contributed by atoms with Crippen molar-refractivity contribution in [2.45, 2.75) is 77.0 Å². The monoisotopic (exact) mass is 960 g/mol. The summed E-state index contributed by atoms with van der Waals surface area (Å²) >= 11 is 0. The van der Waals surface area contributed by atoms with Crippen LogP contribution in [-0.4, -0.2) is 82.1 Å². The molecule has 2 N–H and O–H groups in total. The number of hydrogen-bond acceptors (Lipinski definition) is 8. The lowest BCUT2D eigenvalue weighted by Gasteiger charge is -2.40.